The molecule has 0 spiro atoms. The normalized spacial score (nSPS) is 10.5. The Labute approximate surface area is 92.3 Å². The van der Waals surface area contributed by atoms with Crippen LogP contribution in [0.3, 0.4) is 0 Å². The first-order chi connectivity index (χ1) is 7.29. The summed E-state index contributed by atoms with van der Waals surface area (Å²) in [5.41, 5.74) is 0.818. The summed E-state index contributed by atoms with van der Waals surface area (Å²) in [7, 11) is 1.88. The number of aromatic nitrogens is 4. The molecule has 0 aliphatic heterocycles. The van der Waals surface area contributed by atoms with Crippen molar-refractivity contribution in [2.75, 3.05) is 11.9 Å². The van der Waals surface area contributed by atoms with Crippen LogP contribution < -0.4 is 5.32 Å². The molecule has 2 rings (SSSR count). The van der Waals surface area contributed by atoms with Crippen LogP contribution >= 0.6 is 11.5 Å². The summed E-state index contributed by atoms with van der Waals surface area (Å²) in [5, 5.41) is 8.31. The van der Waals surface area contributed by atoms with Crippen molar-refractivity contribution in [2.45, 2.75) is 13.3 Å². The fourth-order valence-electron chi connectivity index (χ4n) is 1.17. The van der Waals surface area contributed by atoms with Gasteiger partial charge in [0.05, 0.1) is 0 Å². The molecule has 80 valence electrons. The van der Waals surface area contributed by atoms with Gasteiger partial charge in [-0.3, -0.25) is 4.68 Å². The van der Waals surface area contributed by atoms with Crippen molar-refractivity contribution < 1.29 is 0 Å². The second-order valence-corrected chi connectivity index (χ2v) is 3.98. The largest absolute Gasteiger partial charge is 0.360 e. The van der Waals surface area contributed by atoms with E-state index in [0.29, 0.717) is 5.82 Å². The minimum absolute atomic E-state index is 0.694. The summed E-state index contributed by atoms with van der Waals surface area (Å²) >= 11 is 1.37. The van der Waals surface area contributed by atoms with Crippen LogP contribution in [0.4, 0.5) is 5.13 Å². The minimum Gasteiger partial charge on any atom is -0.360 e. The summed E-state index contributed by atoms with van der Waals surface area (Å²) < 4.78 is 5.99. The van der Waals surface area contributed by atoms with Crippen molar-refractivity contribution in [1.82, 2.24) is 19.1 Å². The summed E-state index contributed by atoms with van der Waals surface area (Å²) in [6.07, 6.45) is 2.97. The van der Waals surface area contributed by atoms with Gasteiger partial charge in [-0.2, -0.15) is 14.5 Å². The molecule has 0 aliphatic rings. The molecule has 2 aromatic heterocycles. The standard InChI is InChI=1S/C9H13N5S/c1-3-5-10-9-11-8(13-15-9)7-4-6-14(2)12-7/h4,6H,3,5H2,1-2H3,(H,10,11,13). The average Bonchev–Trinajstić information content (AvgIpc) is 2.83. The maximum Gasteiger partial charge on any atom is 0.202 e. The fourth-order valence-corrected chi connectivity index (χ4v) is 1.77. The van der Waals surface area contributed by atoms with Gasteiger partial charge in [-0.25, -0.2) is 0 Å². The Morgan fingerprint density at radius 1 is 1.53 bits per heavy atom. The lowest BCUT2D eigenvalue weighted by molar-refractivity contribution is 0.769. The lowest BCUT2D eigenvalue weighted by Gasteiger charge is -1.95. The lowest BCUT2D eigenvalue weighted by Crippen LogP contribution is -1.98. The van der Waals surface area contributed by atoms with Gasteiger partial charge in [0.25, 0.3) is 0 Å². The maximum atomic E-state index is 4.35. The first-order valence-electron chi connectivity index (χ1n) is 4.87. The first-order valence-corrected chi connectivity index (χ1v) is 5.64. The van der Waals surface area contributed by atoms with E-state index in [0.717, 1.165) is 23.8 Å². The Morgan fingerprint density at radius 3 is 3.07 bits per heavy atom. The Hall–Kier alpha value is -1.43. The van der Waals surface area contributed by atoms with Gasteiger partial charge in [0.1, 0.15) is 5.69 Å². The SMILES string of the molecule is CCCNc1nc(-c2ccn(C)n2)ns1. The molecule has 6 heteroatoms. The van der Waals surface area contributed by atoms with E-state index in [4.69, 9.17) is 0 Å². The Morgan fingerprint density at radius 2 is 2.40 bits per heavy atom. The molecule has 0 aromatic carbocycles. The molecule has 0 atom stereocenters. The highest BCUT2D eigenvalue weighted by molar-refractivity contribution is 7.09. The molecule has 0 bridgehead atoms. The number of anilines is 1. The highest BCUT2D eigenvalue weighted by atomic mass is 32.1. The van der Waals surface area contributed by atoms with E-state index in [-0.39, 0.29) is 0 Å². The van der Waals surface area contributed by atoms with Crippen molar-refractivity contribution in [2.24, 2.45) is 7.05 Å². The van der Waals surface area contributed by atoms with E-state index < -0.39 is 0 Å². The van der Waals surface area contributed by atoms with Crippen LogP contribution in [0, 0.1) is 0 Å². The highest BCUT2D eigenvalue weighted by Gasteiger charge is 2.07. The molecule has 0 saturated carbocycles. The number of nitrogens with one attached hydrogen (secondary N) is 1. The molecular weight excluding hydrogens is 210 g/mol. The molecular formula is C9H13N5S. The summed E-state index contributed by atoms with van der Waals surface area (Å²) in [6.45, 7) is 3.05. The van der Waals surface area contributed by atoms with E-state index >= 15 is 0 Å². The Kier molecular flexibility index (Phi) is 2.96. The zero-order valence-electron chi connectivity index (χ0n) is 8.77. The van der Waals surface area contributed by atoms with E-state index in [1.807, 2.05) is 19.3 Å². The summed E-state index contributed by atoms with van der Waals surface area (Å²) in [5.74, 6) is 0.694. The summed E-state index contributed by atoms with van der Waals surface area (Å²) in [4.78, 5) is 4.35. The molecule has 5 nitrogen and oxygen atoms in total. The number of nitrogens with zero attached hydrogens (tertiary/aromatic N) is 4. The highest BCUT2D eigenvalue weighted by Crippen LogP contribution is 2.18. The van der Waals surface area contributed by atoms with Gasteiger partial charge in [0.2, 0.25) is 5.13 Å². The van der Waals surface area contributed by atoms with E-state index in [1.54, 1.807) is 4.68 Å². The van der Waals surface area contributed by atoms with E-state index in [2.05, 4.69) is 26.7 Å². The molecule has 0 fully saturated rings. The third-order valence-corrected chi connectivity index (χ3v) is 2.57. The molecule has 0 saturated heterocycles. The van der Waals surface area contributed by atoms with Crippen molar-refractivity contribution in [3.8, 4) is 11.5 Å². The Bertz CT molecular complexity index is 433. The van der Waals surface area contributed by atoms with Crippen molar-refractivity contribution in [1.29, 1.82) is 0 Å². The molecule has 0 aliphatic carbocycles. The second kappa shape index (κ2) is 4.39. The topological polar surface area (TPSA) is 55.6 Å². The van der Waals surface area contributed by atoms with Crippen molar-refractivity contribution >= 4 is 16.7 Å². The number of hydrogen-bond donors (Lipinski definition) is 1. The van der Waals surface area contributed by atoms with Gasteiger partial charge in [-0.15, -0.1) is 0 Å². The molecule has 2 aromatic rings. The third-order valence-electron chi connectivity index (χ3n) is 1.89. The van der Waals surface area contributed by atoms with Crippen molar-refractivity contribution in [3.63, 3.8) is 0 Å². The number of aryl methyl sites for hydroxylation is 1. The number of rotatable bonds is 4. The first kappa shape index (κ1) is 10.1. The van der Waals surface area contributed by atoms with Crippen LogP contribution in [-0.4, -0.2) is 25.7 Å². The smallest absolute Gasteiger partial charge is 0.202 e. The van der Waals surface area contributed by atoms with Crippen LogP contribution in [0.15, 0.2) is 12.3 Å². The van der Waals surface area contributed by atoms with Crippen LogP contribution in [0.25, 0.3) is 11.5 Å². The van der Waals surface area contributed by atoms with Crippen molar-refractivity contribution in [3.05, 3.63) is 12.3 Å². The molecule has 0 unspecified atom stereocenters. The monoisotopic (exact) mass is 223 g/mol. The van der Waals surface area contributed by atoms with Gasteiger partial charge in [-0.1, -0.05) is 6.92 Å². The second-order valence-electron chi connectivity index (χ2n) is 3.22. The van der Waals surface area contributed by atoms with Gasteiger partial charge < -0.3 is 5.32 Å². The molecule has 1 N–H and O–H groups in total. The molecule has 0 amide bonds. The van der Waals surface area contributed by atoms with E-state index in [1.165, 1.54) is 11.5 Å². The predicted octanol–water partition coefficient (Wildman–Crippen LogP) is 1.76. The van der Waals surface area contributed by atoms with Crippen LogP contribution in [-0.2, 0) is 7.05 Å². The van der Waals surface area contributed by atoms with Crippen LogP contribution in [0.2, 0.25) is 0 Å². The average molecular weight is 223 g/mol. The molecule has 2 heterocycles. The van der Waals surface area contributed by atoms with Gasteiger partial charge in [0, 0.05) is 31.3 Å². The lowest BCUT2D eigenvalue weighted by atomic mass is 10.4. The number of hydrogen-bond acceptors (Lipinski definition) is 5. The van der Waals surface area contributed by atoms with Gasteiger partial charge in [0.15, 0.2) is 5.82 Å². The van der Waals surface area contributed by atoms with Gasteiger partial charge >= 0.3 is 0 Å². The quantitative estimate of drug-likeness (QED) is 0.858. The maximum absolute atomic E-state index is 4.35. The fraction of sp³-hybridized carbons (Fsp3) is 0.444. The van der Waals surface area contributed by atoms with Crippen LogP contribution in [0.5, 0.6) is 0 Å². The summed E-state index contributed by atoms with van der Waals surface area (Å²) in [6, 6.07) is 1.91. The zero-order valence-corrected chi connectivity index (χ0v) is 9.58. The minimum atomic E-state index is 0.694. The zero-order chi connectivity index (χ0) is 10.7. The molecule has 15 heavy (non-hydrogen) atoms. The van der Waals surface area contributed by atoms with Gasteiger partial charge in [-0.05, 0) is 12.5 Å². The molecule has 0 radical (unpaired) electrons. The third kappa shape index (κ3) is 2.33. The Balaban J connectivity index is 2.13. The van der Waals surface area contributed by atoms with Crippen LogP contribution in [0.1, 0.15) is 13.3 Å². The van der Waals surface area contributed by atoms with E-state index in [9.17, 15) is 0 Å². The predicted molar refractivity (Wildman–Crippen MR) is 60.9 cm³/mol.